The van der Waals surface area contributed by atoms with Crippen LogP contribution < -0.4 is 0 Å². The predicted molar refractivity (Wildman–Crippen MR) is 86.7 cm³/mol. The lowest BCUT2D eigenvalue weighted by molar-refractivity contribution is 0.172. The van der Waals surface area contributed by atoms with Gasteiger partial charge in [0.2, 0.25) is 14.9 Å². The van der Waals surface area contributed by atoms with Crippen molar-refractivity contribution in [3.05, 3.63) is 62.4 Å². The molecule has 22 heavy (non-hydrogen) atoms. The van der Waals surface area contributed by atoms with Gasteiger partial charge in [-0.1, -0.05) is 30.7 Å². The van der Waals surface area contributed by atoms with E-state index in [4.69, 9.17) is 0 Å². The van der Waals surface area contributed by atoms with E-state index < -0.39 is 10.3 Å². The predicted octanol–water partition coefficient (Wildman–Crippen LogP) is 3.52. The summed E-state index contributed by atoms with van der Waals surface area (Å²) >= 11 is 0. The van der Waals surface area contributed by atoms with E-state index in [1.54, 1.807) is 13.0 Å². The van der Waals surface area contributed by atoms with Crippen LogP contribution in [0, 0.1) is 32.3 Å². The molecule has 0 aliphatic heterocycles. The van der Waals surface area contributed by atoms with Crippen LogP contribution in [0.5, 0.6) is 0 Å². The number of hydrogen-bond acceptors (Lipinski definition) is 3. The van der Waals surface area contributed by atoms with Gasteiger partial charge in [-0.3, -0.25) is 0 Å². The third-order valence-electron chi connectivity index (χ3n) is 4.10. The van der Waals surface area contributed by atoms with E-state index in [2.05, 4.69) is 6.07 Å². The maximum absolute atomic E-state index is 11.7. The summed E-state index contributed by atoms with van der Waals surface area (Å²) in [5, 5.41) is 10.1. The van der Waals surface area contributed by atoms with Gasteiger partial charge >= 0.3 is 0 Å². The molecule has 0 amide bonds. The molecule has 1 heterocycles. The first-order valence-corrected chi connectivity index (χ1v) is 8.23. The molecular formula is C17H21NO3S. The summed E-state index contributed by atoms with van der Waals surface area (Å²) in [5.74, 6) is -0.133. The van der Waals surface area contributed by atoms with Gasteiger partial charge in [0.15, 0.2) is 0 Å². The molecule has 0 spiro atoms. The summed E-state index contributed by atoms with van der Waals surface area (Å²) in [4.78, 5) is 0. The van der Waals surface area contributed by atoms with Crippen molar-refractivity contribution in [2.75, 3.05) is 0 Å². The third-order valence-corrected chi connectivity index (χ3v) is 4.81. The van der Waals surface area contributed by atoms with Crippen LogP contribution in [0.4, 0.5) is 0 Å². The Morgan fingerprint density at radius 3 is 2.27 bits per heavy atom. The summed E-state index contributed by atoms with van der Waals surface area (Å²) in [6.45, 7) is 9.54. The quantitative estimate of drug-likeness (QED) is 0.680. The molecule has 1 unspecified atom stereocenters. The van der Waals surface area contributed by atoms with Crippen molar-refractivity contribution in [1.29, 1.82) is 0 Å². The average molecular weight is 319 g/mol. The van der Waals surface area contributed by atoms with Gasteiger partial charge in [-0.2, -0.15) is 13.1 Å². The molecule has 0 radical (unpaired) electrons. The molecule has 1 atom stereocenters. The minimum atomic E-state index is -2.52. The molecular weight excluding hydrogens is 298 g/mol. The van der Waals surface area contributed by atoms with E-state index in [9.17, 15) is 13.6 Å². The molecule has 1 N–H and O–H groups in total. The Labute approximate surface area is 132 Å². The molecule has 0 aliphatic rings. The molecule has 0 bridgehead atoms. The lowest BCUT2D eigenvalue weighted by Gasteiger charge is -2.19. The standard InChI is InChI=1S/C17H21NO3S/c1-10-6-7-11(2)15(8-10)14(5)16-12(3)9-13(4)18(19)17(16)22(20)21/h6-9,14,19H,1-5H3. The Bertz CT molecular complexity index is 900. The monoisotopic (exact) mass is 319 g/mol. The SMILES string of the molecule is Cc1ccc(C)c(C(C)c2c(C)cc(C)n(O)c2=S(=O)=O)c1. The highest BCUT2D eigenvalue weighted by atomic mass is 32.2. The van der Waals surface area contributed by atoms with Crippen molar-refractivity contribution < 1.29 is 13.6 Å². The van der Waals surface area contributed by atoms with Crippen LogP contribution in [-0.2, 0) is 10.3 Å². The first-order valence-electron chi connectivity index (χ1n) is 7.15. The zero-order valence-electron chi connectivity index (χ0n) is 13.5. The number of hydrogen-bond donors (Lipinski definition) is 1. The van der Waals surface area contributed by atoms with Gasteiger partial charge in [0, 0.05) is 11.5 Å². The highest BCUT2D eigenvalue weighted by molar-refractivity contribution is 7.63. The van der Waals surface area contributed by atoms with Crippen LogP contribution >= 0.6 is 0 Å². The first kappa shape index (κ1) is 16.4. The van der Waals surface area contributed by atoms with Crippen molar-refractivity contribution in [3.63, 3.8) is 0 Å². The van der Waals surface area contributed by atoms with Gasteiger partial charge in [-0.25, -0.2) is 0 Å². The zero-order valence-corrected chi connectivity index (χ0v) is 14.3. The van der Waals surface area contributed by atoms with Gasteiger partial charge < -0.3 is 5.21 Å². The second-order valence-electron chi connectivity index (χ2n) is 5.82. The maximum Gasteiger partial charge on any atom is 0.242 e. The Hall–Kier alpha value is -2.01. The summed E-state index contributed by atoms with van der Waals surface area (Å²) < 4.78 is 24.0. The Morgan fingerprint density at radius 2 is 1.68 bits per heavy atom. The first-order chi connectivity index (χ1) is 10.2. The van der Waals surface area contributed by atoms with Gasteiger partial charge in [-0.05, 0) is 50.5 Å². The number of aromatic nitrogens is 1. The molecule has 2 aromatic rings. The molecule has 0 saturated carbocycles. The number of nitrogens with zero attached hydrogens (tertiary/aromatic N) is 1. The summed E-state index contributed by atoms with van der Waals surface area (Å²) in [7, 11) is -2.52. The van der Waals surface area contributed by atoms with Crippen molar-refractivity contribution in [1.82, 2.24) is 4.73 Å². The van der Waals surface area contributed by atoms with E-state index in [-0.39, 0.29) is 10.6 Å². The second kappa shape index (κ2) is 6.01. The molecule has 0 fully saturated rings. The normalized spacial score (nSPS) is 12.2. The average Bonchev–Trinajstić information content (AvgIpc) is 2.44. The van der Waals surface area contributed by atoms with E-state index in [1.165, 1.54) is 0 Å². The van der Waals surface area contributed by atoms with Crippen molar-refractivity contribution in [2.45, 2.75) is 40.5 Å². The minimum Gasteiger partial charge on any atom is -0.427 e. The lowest BCUT2D eigenvalue weighted by Crippen LogP contribution is -2.11. The van der Waals surface area contributed by atoms with E-state index in [1.807, 2.05) is 39.8 Å². The third kappa shape index (κ3) is 2.81. The summed E-state index contributed by atoms with van der Waals surface area (Å²) in [5.41, 5.74) is 5.28. The van der Waals surface area contributed by atoms with Crippen LogP contribution in [0.3, 0.4) is 0 Å². The van der Waals surface area contributed by atoms with Crippen molar-refractivity contribution in [3.8, 4) is 0 Å². The van der Waals surface area contributed by atoms with Crippen LogP contribution in [-0.4, -0.2) is 18.4 Å². The lowest BCUT2D eigenvalue weighted by atomic mass is 9.87. The Morgan fingerprint density at radius 1 is 1.05 bits per heavy atom. The number of benzene rings is 1. The largest absolute Gasteiger partial charge is 0.427 e. The Balaban J connectivity index is 2.87. The second-order valence-corrected chi connectivity index (χ2v) is 6.67. The summed E-state index contributed by atoms with van der Waals surface area (Å²) in [6.07, 6.45) is 0. The topological polar surface area (TPSA) is 59.3 Å². The van der Waals surface area contributed by atoms with Gasteiger partial charge in [0.25, 0.3) is 0 Å². The van der Waals surface area contributed by atoms with E-state index in [0.29, 0.717) is 11.3 Å². The van der Waals surface area contributed by atoms with Gasteiger partial charge in [0.05, 0.1) is 5.69 Å². The maximum atomic E-state index is 11.7. The molecule has 0 saturated heterocycles. The highest BCUT2D eigenvalue weighted by Gasteiger charge is 2.19. The van der Waals surface area contributed by atoms with E-state index >= 15 is 0 Å². The Kier molecular flexibility index (Phi) is 4.47. The van der Waals surface area contributed by atoms with Crippen molar-refractivity contribution in [2.24, 2.45) is 0 Å². The number of rotatable bonds is 2. The molecule has 0 aliphatic carbocycles. The van der Waals surface area contributed by atoms with Crippen LogP contribution in [0.1, 0.15) is 46.4 Å². The van der Waals surface area contributed by atoms with Crippen molar-refractivity contribution >= 4 is 10.3 Å². The molecule has 5 heteroatoms. The summed E-state index contributed by atoms with van der Waals surface area (Å²) in [6, 6.07) is 7.93. The highest BCUT2D eigenvalue weighted by Crippen LogP contribution is 2.30. The minimum absolute atomic E-state index is 0.0640. The fourth-order valence-electron chi connectivity index (χ4n) is 2.96. The molecule has 118 valence electrons. The number of pyridine rings is 1. The molecule has 1 aromatic heterocycles. The molecule has 2 rings (SSSR count). The van der Waals surface area contributed by atoms with Crippen LogP contribution in [0.25, 0.3) is 0 Å². The zero-order chi connectivity index (χ0) is 16.6. The fraction of sp³-hybridized carbons (Fsp3) is 0.353. The fourth-order valence-corrected chi connectivity index (χ4v) is 3.77. The van der Waals surface area contributed by atoms with Crippen LogP contribution in [0.2, 0.25) is 0 Å². The van der Waals surface area contributed by atoms with Gasteiger partial charge in [-0.15, -0.1) is 0 Å². The molecule has 1 aromatic carbocycles. The van der Waals surface area contributed by atoms with E-state index in [0.717, 1.165) is 27.0 Å². The molecule has 4 nitrogen and oxygen atoms in total. The smallest absolute Gasteiger partial charge is 0.242 e. The van der Waals surface area contributed by atoms with Crippen LogP contribution in [0.15, 0.2) is 24.3 Å². The van der Waals surface area contributed by atoms with Gasteiger partial charge in [0.1, 0.15) is 0 Å². The number of aryl methyl sites for hydroxylation is 4.